The van der Waals surface area contributed by atoms with Crippen molar-refractivity contribution in [3.8, 4) is 11.4 Å². The van der Waals surface area contributed by atoms with E-state index < -0.39 is 44.5 Å². The molecule has 0 fully saturated rings. The van der Waals surface area contributed by atoms with Crippen LogP contribution in [0.3, 0.4) is 0 Å². The Labute approximate surface area is 278 Å². The zero-order valence-electron chi connectivity index (χ0n) is 27.2. The van der Waals surface area contributed by atoms with E-state index in [1.807, 2.05) is 38.1 Å². The van der Waals surface area contributed by atoms with E-state index in [2.05, 4.69) is 0 Å². The van der Waals surface area contributed by atoms with Crippen molar-refractivity contribution in [3.05, 3.63) is 166 Å². The second-order valence-corrected chi connectivity index (χ2v) is 12.5. The second kappa shape index (κ2) is 10.5. The molecule has 0 aliphatic rings. The van der Waals surface area contributed by atoms with Gasteiger partial charge in [-0.2, -0.15) is 9.35 Å². The minimum Gasteiger partial charge on any atom is -0.268 e. The smallest absolute Gasteiger partial charge is 0.268 e. The van der Waals surface area contributed by atoms with E-state index in [0.717, 1.165) is 44.5 Å². The third-order valence-corrected chi connectivity index (χ3v) is 9.79. The molecule has 0 aliphatic heterocycles. The van der Waals surface area contributed by atoms with Crippen molar-refractivity contribution in [3.63, 3.8) is 0 Å². The first-order chi connectivity index (χ1) is 23.9. The van der Waals surface area contributed by atoms with Crippen LogP contribution < -0.4 is 44.5 Å². The zero-order valence-corrected chi connectivity index (χ0v) is 27.2. The van der Waals surface area contributed by atoms with Crippen LogP contribution in [0.4, 0.5) is 0 Å². The number of aryl methyl sites for hydroxylation is 4. The SMILES string of the molecule is CCc1cccc(C)c1-n1c(=O)c2cc3c(=O)n(-n4c(=O)c5cc6c(=O)n(-c7c(C)cccc7CC)c(=O)c6cc5c4=O)c(=O)c3cc2c1=O. The highest BCUT2D eigenvalue weighted by molar-refractivity contribution is 5.99. The summed E-state index contributed by atoms with van der Waals surface area (Å²) in [4.78, 5) is 110. The lowest BCUT2D eigenvalue weighted by Crippen LogP contribution is -2.42. The van der Waals surface area contributed by atoms with Gasteiger partial charge in [0, 0.05) is 0 Å². The van der Waals surface area contributed by atoms with Crippen LogP contribution in [0.2, 0.25) is 0 Å². The van der Waals surface area contributed by atoms with E-state index in [9.17, 15) is 38.4 Å². The standard InChI is InChI=1S/C38H26N4O8/c1-5-19-11-7-9-17(3)29(19)39-31(43)21-13-25-26(14-22(21)32(39)44)36(48)41(35(25)47)42-37(49)27-15-23-24(16-28(27)38(42)50)34(46)40(33(23)45)30-18(4)10-8-12-20(30)6-2/h7-16H,5-6H2,1-4H3. The van der Waals surface area contributed by atoms with Gasteiger partial charge in [0.2, 0.25) is 0 Å². The number of hydrogen-bond acceptors (Lipinski definition) is 8. The summed E-state index contributed by atoms with van der Waals surface area (Å²) in [5.41, 5.74) is -3.13. The molecule has 0 atom stereocenters. The fourth-order valence-corrected chi connectivity index (χ4v) is 7.34. The molecule has 0 spiro atoms. The zero-order chi connectivity index (χ0) is 35.5. The Hall–Kier alpha value is -6.56. The number of fused-ring (bicyclic) bond motifs is 4. The van der Waals surface area contributed by atoms with Crippen LogP contribution in [0.15, 0.2) is 99.0 Å². The Morgan fingerprint density at radius 2 is 0.660 bits per heavy atom. The molecule has 8 rings (SSSR count). The third-order valence-electron chi connectivity index (χ3n) is 9.79. The van der Waals surface area contributed by atoms with Crippen LogP contribution >= 0.6 is 0 Å². The Kier molecular flexibility index (Phi) is 6.44. The molecule has 246 valence electrons. The predicted octanol–water partition coefficient (Wildman–Crippen LogP) is 2.17. The van der Waals surface area contributed by atoms with Gasteiger partial charge in [0.05, 0.1) is 54.5 Å². The topological polar surface area (TPSA) is 156 Å². The minimum absolute atomic E-state index is 0.0951. The molecule has 0 saturated heterocycles. The molecule has 0 aliphatic carbocycles. The average Bonchev–Trinajstić information content (AvgIpc) is 3.69. The van der Waals surface area contributed by atoms with E-state index in [1.54, 1.807) is 26.0 Å². The largest absolute Gasteiger partial charge is 0.281 e. The number of aromatic nitrogens is 4. The first-order valence-electron chi connectivity index (χ1n) is 16.0. The summed E-state index contributed by atoms with van der Waals surface area (Å²) < 4.78 is 2.82. The second-order valence-electron chi connectivity index (χ2n) is 12.5. The third kappa shape index (κ3) is 3.81. The Morgan fingerprint density at radius 1 is 0.400 bits per heavy atom. The van der Waals surface area contributed by atoms with Crippen molar-refractivity contribution in [2.24, 2.45) is 0 Å². The lowest BCUT2D eigenvalue weighted by molar-refractivity contribution is 0.594. The van der Waals surface area contributed by atoms with Crippen molar-refractivity contribution < 1.29 is 0 Å². The minimum atomic E-state index is -1.05. The van der Waals surface area contributed by atoms with Gasteiger partial charge < -0.3 is 0 Å². The maximum atomic E-state index is 13.8. The number of para-hydroxylation sites is 2. The average molecular weight is 667 g/mol. The Balaban J connectivity index is 1.37. The highest BCUT2D eigenvalue weighted by atomic mass is 16.2. The van der Waals surface area contributed by atoms with E-state index in [1.165, 1.54) is 0 Å². The van der Waals surface area contributed by atoms with Gasteiger partial charge in [-0.3, -0.25) is 38.4 Å². The Bertz CT molecular complexity index is 2890. The molecule has 0 N–H and O–H groups in total. The fraction of sp³-hybridized carbons (Fsp3) is 0.158. The van der Waals surface area contributed by atoms with Crippen molar-refractivity contribution in [1.82, 2.24) is 18.5 Å². The Morgan fingerprint density at radius 3 is 0.920 bits per heavy atom. The molecule has 4 aromatic heterocycles. The van der Waals surface area contributed by atoms with Crippen LogP contribution in [0.5, 0.6) is 0 Å². The quantitative estimate of drug-likeness (QED) is 0.271. The summed E-state index contributed by atoms with van der Waals surface area (Å²) in [6.45, 7) is 7.32. The molecule has 50 heavy (non-hydrogen) atoms. The molecule has 0 unspecified atom stereocenters. The van der Waals surface area contributed by atoms with Gasteiger partial charge in [-0.1, -0.05) is 50.2 Å². The van der Waals surface area contributed by atoms with Crippen molar-refractivity contribution in [2.45, 2.75) is 40.5 Å². The lowest BCUT2D eigenvalue weighted by atomic mass is 10.1. The molecular weight excluding hydrogens is 640 g/mol. The van der Waals surface area contributed by atoms with Gasteiger partial charge >= 0.3 is 0 Å². The molecule has 0 amide bonds. The van der Waals surface area contributed by atoms with Crippen LogP contribution in [0, 0.1) is 13.8 Å². The molecule has 8 aromatic rings. The van der Waals surface area contributed by atoms with Gasteiger partial charge in [0.1, 0.15) is 0 Å². The summed E-state index contributed by atoms with van der Waals surface area (Å²) in [6, 6.07) is 15.4. The number of nitrogens with zero attached hydrogens (tertiary/aromatic N) is 4. The first-order valence-corrected chi connectivity index (χ1v) is 16.0. The molecule has 4 heterocycles. The molecular formula is C38H26N4O8. The normalized spacial score (nSPS) is 12.0. The summed E-state index contributed by atoms with van der Waals surface area (Å²) in [6.07, 6.45) is 1.09. The van der Waals surface area contributed by atoms with Crippen LogP contribution in [-0.2, 0) is 12.8 Å². The fourth-order valence-electron chi connectivity index (χ4n) is 7.34. The van der Waals surface area contributed by atoms with Gasteiger partial charge in [-0.05, 0) is 73.2 Å². The summed E-state index contributed by atoms with van der Waals surface area (Å²) in [7, 11) is 0. The molecule has 4 aromatic carbocycles. The van der Waals surface area contributed by atoms with Crippen molar-refractivity contribution in [2.75, 3.05) is 0 Å². The van der Waals surface area contributed by atoms with Gasteiger partial charge in [0.25, 0.3) is 44.5 Å². The summed E-state index contributed by atoms with van der Waals surface area (Å²) in [5.74, 6) is 0. The number of rotatable bonds is 5. The number of benzene rings is 4. The molecule has 0 saturated carbocycles. The lowest BCUT2D eigenvalue weighted by Gasteiger charge is -2.10. The van der Waals surface area contributed by atoms with Gasteiger partial charge in [-0.15, -0.1) is 0 Å². The molecule has 12 nitrogen and oxygen atoms in total. The maximum absolute atomic E-state index is 13.8. The van der Waals surface area contributed by atoms with Crippen LogP contribution in [0.25, 0.3) is 54.5 Å². The molecule has 0 radical (unpaired) electrons. The van der Waals surface area contributed by atoms with E-state index in [0.29, 0.717) is 44.7 Å². The van der Waals surface area contributed by atoms with Crippen LogP contribution in [-0.4, -0.2) is 18.5 Å². The summed E-state index contributed by atoms with van der Waals surface area (Å²) in [5, 5.41) is -1.43. The van der Waals surface area contributed by atoms with E-state index in [-0.39, 0.29) is 43.1 Å². The van der Waals surface area contributed by atoms with Crippen LogP contribution in [0.1, 0.15) is 36.1 Å². The summed E-state index contributed by atoms with van der Waals surface area (Å²) >= 11 is 0. The van der Waals surface area contributed by atoms with Gasteiger partial charge in [-0.25, -0.2) is 9.13 Å². The molecule has 12 heteroatoms. The van der Waals surface area contributed by atoms with E-state index >= 15 is 0 Å². The van der Waals surface area contributed by atoms with Gasteiger partial charge in [0.15, 0.2) is 0 Å². The van der Waals surface area contributed by atoms with Crippen molar-refractivity contribution >= 4 is 43.1 Å². The van der Waals surface area contributed by atoms with E-state index in [4.69, 9.17) is 0 Å². The maximum Gasteiger partial charge on any atom is 0.281 e. The monoisotopic (exact) mass is 666 g/mol. The predicted molar refractivity (Wildman–Crippen MR) is 191 cm³/mol. The highest BCUT2D eigenvalue weighted by Crippen LogP contribution is 2.23. The van der Waals surface area contributed by atoms with Crippen molar-refractivity contribution in [1.29, 1.82) is 0 Å². The highest BCUT2D eigenvalue weighted by Gasteiger charge is 2.27. The molecule has 0 bridgehead atoms. The first kappa shape index (κ1) is 30.8. The number of hydrogen-bond donors (Lipinski definition) is 0.